The van der Waals surface area contributed by atoms with E-state index in [1.807, 2.05) is 0 Å². The number of aryl methyl sites for hydroxylation is 1. The zero-order valence-corrected chi connectivity index (χ0v) is 15.2. The molecule has 0 spiro atoms. The van der Waals surface area contributed by atoms with Gasteiger partial charge in [-0.15, -0.1) is 5.10 Å². The minimum Gasteiger partial charge on any atom is -0.366 e. The number of carbonyl (C=O) groups is 1. The van der Waals surface area contributed by atoms with Gasteiger partial charge in [-0.2, -0.15) is 13.2 Å². The number of halogens is 4. The molecule has 10 heteroatoms. The van der Waals surface area contributed by atoms with Crippen molar-refractivity contribution in [3.8, 4) is 11.4 Å². The molecule has 0 fully saturated rings. The molecule has 144 valence electrons. The molecule has 1 amide bonds. The first-order valence-corrected chi connectivity index (χ1v) is 8.26. The Morgan fingerprint density at radius 2 is 2.00 bits per heavy atom. The average molecular weight is 408 g/mol. The highest BCUT2D eigenvalue weighted by Crippen LogP contribution is 2.32. The highest BCUT2D eigenvalue weighted by molar-refractivity contribution is 6.34. The van der Waals surface area contributed by atoms with Crippen molar-refractivity contribution in [2.75, 3.05) is 0 Å². The first kappa shape index (κ1) is 19.6. The van der Waals surface area contributed by atoms with Crippen molar-refractivity contribution in [2.24, 2.45) is 5.73 Å². The fourth-order valence-corrected chi connectivity index (χ4v) is 2.75. The molecule has 3 aromatic rings. The Morgan fingerprint density at radius 3 is 2.64 bits per heavy atom. The minimum absolute atomic E-state index is 0.0229. The van der Waals surface area contributed by atoms with E-state index in [0.717, 1.165) is 12.1 Å². The molecule has 2 heterocycles. The van der Waals surface area contributed by atoms with Gasteiger partial charge in [-0.1, -0.05) is 11.6 Å². The second-order valence-corrected chi connectivity index (χ2v) is 6.24. The van der Waals surface area contributed by atoms with Crippen LogP contribution in [0.4, 0.5) is 13.2 Å². The normalized spacial score (nSPS) is 12.2. The Bertz CT molecular complexity index is 1080. The topological polar surface area (TPSA) is 86.7 Å². The predicted molar refractivity (Wildman–Crippen MR) is 97.8 cm³/mol. The van der Waals surface area contributed by atoms with E-state index in [4.69, 9.17) is 17.3 Å². The first-order valence-electron chi connectivity index (χ1n) is 7.88. The number of primary amides is 1. The number of rotatable bonds is 4. The van der Waals surface area contributed by atoms with Gasteiger partial charge in [0.25, 0.3) is 5.91 Å². The van der Waals surface area contributed by atoms with Crippen LogP contribution in [0.3, 0.4) is 0 Å². The van der Waals surface area contributed by atoms with Crippen LogP contribution in [0.15, 0.2) is 42.9 Å². The summed E-state index contributed by atoms with van der Waals surface area (Å²) in [7, 11) is 0. The summed E-state index contributed by atoms with van der Waals surface area (Å²) in [5.74, 6) is -0.714. The molecule has 0 aliphatic carbocycles. The summed E-state index contributed by atoms with van der Waals surface area (Å²) in [6.45, 7) is 1.55. The van der Waals surface area contributed by atoms with Gasteiger partial charge < -0.3 is 5.73 Å². The van der Waals surface area contributed by atoms with E-state index in [9.17, 15) is 18.0 Å². The minimum atomic E-state index is -4.49. The summed E-state index contributed by atoms with van der Waals surface area (Å²) in [4.78, 5) is 19.7. The van der Waals surface area contributed by atoms with Crippen molar-refractivity contribution in [1.82, 2.24) is 19.7 Å². The van der Waals surface area contributed by atoms with Gasteiger partial charge in [0.2, 0.25) is 0 Å². The molecule has 28 heavy (non-hydrogen) atoms. The molecule has 0 saturated carbocycles. The second-order valence-electron chi connectivity index (χ2n) is 5.88. The number of carbonyl (C=O) groups excluding carboxylic acids is 1. The van der Waals surface area contributed by atoms with Crippen LogP contribution in [0.25, 0.3) is 23.2 Å². The van der Waals surface area contributed by atoms with Crippen molar-refractivity contribution in [1.29, 1.82) is 0 Å². The number of alkyl halides is 3. The number of benzene rings is 1. The van der Waals surface area contributed by atoms with Crippen LogP contribution in [0.5, 0.6) is 0 Å². The standard InChI is InChI=1S/C18H13ClF3N5O/c1-10-5-11(7-12(6-10)18(20,21)22)17-25-9-27(26-17)8-14(16(23)28)13-3-2-4-24-15(13)19/h2-9H,1H3,(H2,23,28)/b14-8+. The zero-order chi connectivity index (χ0) is 20.5. The lowest BCUT2D eigenvalue weighted by molar-refractivity contribution is -0.137. The summed E-state index contributed by atoms with van der Waals surface area (Å²) in [5.41, 5.74) is 5.54. The predicted octanol–water partition coefficient (Wildman–Crippen LogP) is 3.80. The first-order chi connectivity index (χ1) is 13.1. The molecule has 0 radical (unpaired) electrons. The van der Waals surface area contributed by atoms with Gasteiger partial charge in [-0.05, 0) is 42.8 Å². The van der Waals surface area contributed by atoms with E-state index in [2.05, 4.69) is 15.1 Å². The number of amides is 1. The lowest BCUT2D eigenvalue weighted by Crippen LogP contribution is -2.14. The number of pyridine rings is 1. The van der Waals surface area contributed by atoms with Crippen LogP contribution < -0.4 is 5.73 Å². The van der Waals surface area contributed by atoms with Crippen molar-refractivity contribution >= 4 is 29.3 Å². The molecule has 3 rings (SSSR count). The van der Waals surface area contributed by atoms with E-state index in [1.54, 1.807) is 19.1 Å². The maximum atomic E-state index is 13.0. The van der Waals surface area contributed by atoms with Gasteiger partial charge >= 0.3 is 6.18 Å². The fraction of sp³-hybridized carbons (Fsp3) is 0.111. The average Bonchev–Trinajstić information content (AvgIpc) is 3.08. The summed E-state index contributed by atoms with van der Waals surface area (Å²) >= 11 is 6.00. The molecule has 6 nitrogen and oxygen atoms in total. The highest BCUT2D eigenvalue weighted by atomic mass is 35.5. The third-order valence-electron chi connectivity index (χ3n) is 3.75. The van der Waals surface area contributed by atoms with Crippen LogP contribution in [-0.2, 0) is 11.0 Å². The Balaban J connectivity index is 2.02. The van der Waals surface area contributed by atoms with Crippen LogP contribution >= 0.6 is 11.6 Å². The van der Waals surface area contributed by atoms with Gasteiger partial charge in [0.05, 0.1) is 11.1 Å². The molecule has 2 N–H and O–H groups in total. The smallest absolute Gasteiger partial charge is 0.366 e. The third-order valence-corrected chi connectivity index (χ3v) is 4.05. The van der Waals surface area contributed by atoms with Crippen LogP contribution in [0, 0.1) is 6.92 Å². The Hall–Kier alpha value is -3.20. The van der Waals surface area contributed by atoms with Gasteiger partial charge in [0.15, 0.2) is 5.82 Å². The molecule has 0 aliphatic rings. The molecule has 0 aliphatic heterocycles. The number of aromatic nitrogens is 4. The maximum Gasteiger partial charge on any atom is 0.416 e. The van der Waals surface area contributed by atoms with Crippen molar-refractivity contribution < 1.29 is 18.0 Å². The zero-order valence-electron chi connectivity index (χ0n) is 14.4. The van der Waals surface area contributed by atoms with Gasteiger partial charge in [-0.3, -0.25) is 4.79 Å². The van der Waals surface area contributed by atoms with Gasteiger partial charge in [-0.25, -0.2) is 14.6 Å². The van der Waals surface area contributed by atoms with Gasteiger partial charge in [0, 0.05) is 23.5 Å². The summed E-state index contributed by atoms with van der Waals surface area (Å²) in [6.07, 6.45) is -0.506. The molecule has 2 aromatic heterocycles. The monoisotopic (exact) mass is 407 g/mol. The van der Waals surface area contributed by atoms with E-state index in [-0.39, 0.29) is 22.1 Å². The largest absolute Gasteiger partial charge is 0.416 e. The highest BCUT2D eigenvalue weighted by Gasteiger charge is 2.31. The third kappa shape index (κ3) is 4.20. The second kappa shape index (κ2) is 7.43. The Kier molecular flexibility index (Phi) is 5.19. The number of hydrogen-bond donors (Lipinski definition) is 1. The van der Waals surface area contributed by atoms with Crippen molar-refractivity contribution in [2.45, 2.75) is 13.1 Å². The van der Waals surface area contributed by atoms with Crippen molar-refractivity contribution in [3.63, 3.8) is 0 Å². The summed E-state index contributed by atoms with van der Waals surface area (Å²) < 4.78 is 40.3. The van der Waals surface area contributed by atoms with Crippen LogP contribution in [-0.4, -0.2) is 25.7 Å². The molecule has 0 saturated heterocycles. The van der Waals surface area contributed by atoms with Gasteiger partial charge in [0.1, 0.15) is 11.5 Å². The van der Waals surface area contributed by atoms with Crippen LogP contribution in [0.1, 0.15) is 16.7 Å². The quantitative estimate of drug-likeness (QED) is 0.526. The summed E-state index contributed by atoms with van der Waals surface area (Å²) in [5, 5.41) is 4.18. The Morgan fingerprint density at radius 1 is 1.25 bits per heavy atom. The van der Waals surface area contributed by atoms with E-state index < -0.39 is 17.6 Å². The fourth-order valence-electron chi connectivity index (χ4n) is 2.53. The lowest BCUT2D eigenvalue weighted by Gasteiger charge is -2.09. The lowest BCUT2D eigenvalue weighted by atomic mass is 10.1. The SMILES string of the molecule is Cc1cc(-c2ncn(/C=C(/C(N)=O)c3cccnc3Cl)n2)cc(C(F)(F)F)c1. The van der Waals surface area contributed by atoms with Crippen LogP contribution in [0.2, 0.25) is 5.15 Å². The molecule has 0 unspecified atom stereocenters. The number of hydrogen-bond acceptors (Lipinski definition) is 4. The van der Waals surface area contributed by atoms with E-state index in [1.165, 1.54) is 29.5 Å². The summed E-state index contributed by atoms with van der Waals surface area (Å²) in [6, 6.07) is 6.67. The Labute approximate surface area is 162 Å². The van der Waals surface area contributed by atoms with Crippen molar-refractivity contribution in [3.05, 3.63) is 64.7 Å². The number of nitrogens with two attached hydrogens (primary N) is 1. The maximum absolute atomic E-state index is 13.0. The molecule has 1 aromatic carbocycles. The molecule has 0 bridgehead atoms. The molecular formula is C18H13ClF3N5O. The van der Waals surface area contributed by atoms with E-state index >= 15 is 0 Å². The molecule has 0 atom stereocenters. The number of nitrogens with zero attached hydrogens (tertiary/aromatic N) is 4. The van der Waals surface area contributed by atoms with E-state index in [0.29, 0.717) is 11.1 Å². The molecular weight excluding hydrogens is 395 g/mol.